The highest BCUT2D eigenvalue weighted by Crippen LogP contribution is 2.42. The van der Waals surface area contributed by atoms with E-state index in [2.05, 4.69) is 27.3 Å². The molecular weight excluding hydrogens is 513 g/mol. The number of anilines is 1. The average molecular weight is 544 g/mol. The zero-order valence-corrected chi connectivity index (χ0v) is 22.7. The monoisotopic (exact) mass is 543 g/mol. The zero-order valence-electron chi connectivity index (χ0n) is 21.9. The van der Waals surface area contributed by atoms with Gasteiger partial charge in [0.25, 0.3) is 5.91 Å². The largest absolute Gasteiger partial charge is 0.384 e. The van der Waals surface area contributed by atoms with Gasteiger partial charge in [0.15, 0.2) is 0 Å². The summed E-state index contributed by atoms with van der Waals surface area (Å²) in [7, 11) is 0.575. The van der Waals surface area contributed by atoms with Crippen LogP contribution in [0, 0.1) is 6.92 Å². The molecule has 1 aromatic heterocycles. The van der Waals surface area contributed by atoms with Crippen LogP contribution in [0.5, 0.6) is 0 Å². The highest BCUT2D eigenvalue weighted by molar-refractivity contribution is 8.13. The molecule has 1 atom stereocenters. The highest BCUT2D eigenvalue weighted by atomic mass is 32.2. The molecular formula is C31H30FN3O3S. The topological polar surface area (TPSA) is 86.5 Å². The molecule has 0 spiro atoms. The number of hydrogen-bond donors (Lipinski definition) is 2. The molecule has 1 amide bonds. The lowest BCUT2D eigenvalue weighted by atomic mass is 9.83. The molecule has 200 valence electrons. The van der Waals surface area contributed by atoms with Gasteiger partial charge < -0.3 is 11.1 Å². The maximum Gasteiger partial charge on any atom is 0.251 e. The van der Waals surface area contributed by atoms with Gasteiger partial charge >= 0.3 is 0 Å². The Bertz CT molecular complexity index is 1590. The van der Waals surface area contributed by atoms with E-state index in [1.165, 1.54) is 29.2 Å². The maximum atomic E-state index is 14.8. The first-order chi connectivity index (χ1) is 18.9. The number of amides is 1. The number of carbonyl (C=O) groups excluding carboxylic acids is 1. The van der Waals surface area contributed by atoms with E-state index in [0.29, 0.717) is 35.8 Å². The number of benzene rings is 2. The summed E-state index contributed by atoms with van der Waals surface area (Å²) in [6, 6.07) is 14.0. The molecule has 3 aromatic rings. The number of fused-ring (bicyclic) bond motifs is 2. The molecule has 1 fully saturated rings. The summed E-state index contributed by atoms with van der Waals surface area (Å²) in [5, 5.41) is 6.31. The first-order valence-corrected chi connectivity index (χ1v) is 14.3. The number of aromatic nitrogens is 1. The van der Waals surface area contributed by atoms with Crippen LogP contribution in [0.4, 0.5) is 10.2 Å². The van der Waals surface area contributed by atoms with E-state index in [1.807, 2.05) is 37.3 Å². The lowest BCUT2D eigenvalue weighted by Crippen LogP contribution is -2.24. The standard InChI is InChI=1S/C31H30FN3O3S/c1-18-28(27(19-3-4-19)15-30(33)35-18)16-34-31(36)23-8-6-21-11-20-5-7-22(12-24(20)14-25(21)13-23)26-9-10-39(38-37-2)17-29(26)32/h5-10,12-13,15,17,19H,3-4,11,14,16H2,1-2H3,(H2,33,35)(H,34,36). The van der Waals surface area contributed by atoms with Crippen molar-refractivity contribution in [2.24, 2.45) is 0 Å². The second-order valence-corrected chi connectivity index (χ2v) is 11.5. The molecule has 2 aliphatic carbocycles. The first kappa shape index (κ1) is 25.7. The summed E-state index contributed by atoms with van der Waals surface area (Å²) in [6.07, 6.45) is 5.51. The molecule has 2 aromatic carbocycles. The molecule has 0 bridgehead atoms. The number of carbonyl (C=O) groups is 1. The summed E-state index contributed by atoms with van der Waals surface area (Å²) < 4.78 is 19.9. The van der Waals surface area contributed by atoms with E-state index in [0.717, 1.165) is 47.2 Å². The van der Waals surface area contributed by atoms with Crippen LogP contribution in [0.3, 0.4) is 0 Å². The predicted octanol–water partition coefficient (Wildman–Crippen LogP) is 6.05. The summed E-state index contributed by atoms with van der Waals surface area (Å²) in [5.74, 6) is 0.605. The van der Waals surface area contributed by atoms with Crippen LogP contribution in [-0.2, 0) is 28.6 Å². The van der Waals surface area contributed by atoms with Gasteiger partial charge in [-0.25, -0.2) is 14.3 Å². The van der Waals surface area contributed by atoms with Gasteiger partial charge in [-0.1, -0.05) is 24.3 Å². The fourth-order valence-corrected chi connectivity index (χ4v) is 6.35. The molecule has 2 heterocycles. The first-order valence-electron chi connectivity index (χ1n) is 13.0. The molecule has 1 saturated carbocycles. The van der Waals surface area contributed by atoms with Crippen molar-refractivity contribution in [2.75, 3.05) is 12.8 Å². The molecule has 6 nitrogen and oxygen atoms in total. The summed E-state index contributed by atoms with van der Waals surface area (Å²) in [6.45, 7) is 2.37. The molecule has 0 radical (unpaired) electrons. The predicted molar refractivity (Wildman–Crippen MR) is 154 cm³/mol. The molecule has 3 aliphatic rings. The van der Waals surface area contributed by atoms with Gasteiger partial charge in [0.05, 0.1) is 7.11 Å². The highest BCUT2D eigenvalue weighted by Gasteiger charge is 2.28. The van der Waals surface area contributed by atoms with Crippen LogP contribution in [-0.4, -0.2) is 23.4 Å². The Morgan fingerprint density at radius 3 is 2.59 bits per heavy atom. The van der Waals surface area contributed by atoms with Crippen LogP contribution < -0.4 is 11.1 Å². The molecule has 3 N–H and O–H groups in total. The Morgan fingerprint density at radius 2 is 1.85 bits per heavy atom. The van der Waals surface area contributed by atoms with Gasteiger partial charge in [-0.3, -0.25) is 4.79 Å². The fourth-order valence-electron chi connectivity index (χ4n) is 5.43. The molecule has 0 saturated heterocycles. The second-order valence-electron chi connectivity index (χ2n) is 10.2. The lowest BCUT2D eigenvalue weighted by Gasteiger charge is -2.22. The van der Waals surface area contributed by atoms with Crippen LogP contribution in [0.2, 0.25) is 0 Å². The van der Waals surface area contributed by atoms with E-state index in [-0.39, 0.29) is 11.7 Å². The summed E-state index contributed by atoms with van der Waals surface area (Å²) in [4.78, 5) is 22.2. The Kier molecular flexibility index (Phi) is 6.93. The number of nitrogens with zero attached hydrogens (tertiary/aromatic N) is 1. The molecule has 1 unspecified atom stereocenters. The minimum atomic E-state index is -0.833. The van der Waals surface area contributed by atoms with Crippen molar-refractivity contribution in [1.82, 2.24) is 10.3 Å². The number of allylic oxidation sites excluding steroid dienone is 3. The van der Waals surface area contributed by atoms with E-state index >= 15 is 0 Å². The SMILES string of the molecule is COOS1=CC(F)=C(c2ccc3c(c2)Cc2cc(C(=O)NCc4c(C5CC5)cc(N)nc4C)ccc2C3)C=C1. The van der Waals surface area contributed by atoms with E-state index in [9.17, 15) is 9.18 Å². The molecule has 8 heteroatoms. The van der Waals surface area contributed by atoms with Crippen LogP contribution in [0.15, 0.2) is 59.8 Å². The number of hydrogen-bond acceptors (Lipinski definition) is 5. The van der Waals surface area contributed by atoms with Gasteiger partial charge in [0.2, 0.25) is 0 Å². The summed E-state index contributed by atoms with van der Waals surface area (Å²) in [5.41, 5.74) is 15.8. The molecule has 6 rings (SSSR count). The van der Waals surface area contributed by atoms with Crippen molar-refractivity contribution < 1.29 is 18.4 Å². The van der Waals surface area contributed by atoms with Crippen molar-refractivity contribution in [2.45, 2.75) is 45.1 Å². The molecule has 1 aliphatic heterocycles. The number of pyridine rings is 1. The Hall–Kier alpha value is -3.59. The Labute approximate surface area is 229 Å². The minimum absolute atomic E-state index is 0.112. The normalized spacial score (nSPS) is 17.9. The maximum absolute atomic E-state index is 14.8. The number of rotatable bonds is 7. The van der Waals surface area contributed by atoms with Gasteiger partial charge in [-0.15, -0.1) is 0 Å². The van der Waals surface area contributed by atoms with E-state index in [1.54, 1.807) is 11.5 Å². The smallest absolute Gasteiger partial charge is 0.251 e. The third-order valence-electron chi connectivity index (χ3n) is 7.57. The van der Waals surface area contributed by atoms with Crippen molar-refractivity contribution in [3.8, 4) is 0 Å². The quantitative estimate of drug-likeness (QED) is 0.168. The van der Waals surface area contributed by atoms with Crippen molar-refractivity contribution in [3.05, 3.63) is 110 Å². The number of nitrogens with one attached hydrogen (secondary N) is 1. The fraction of sp³-hybridized carbons (Fsp3) is 0.258. The lowest BCUT2D eigenvalue weighted by molar-refractivity contribution is -0.160. The van der Waals surface area contributed by atoms with Crippen molar-refractivity contribution in [1.29, 1.82) is 0 Å². The van der Waals surface area contributed by atoms with Crippen LogP contribution in [0.25, 0.3) is 5.57 Å². The van der Waals surface area contributed by atoms with Crippen LogP contribution in [0.1, 0.15) is 73.8 Å². The van der Waals surface area contributed by atoms with E-state index in [4.69, 9.17) is 10.1 Å². The second kappa shape index (κ2) is 10.5. The Balaban J connectivity index is 1.20. The van der Waals surface area contributed by atoms with Gasteiger partial charge in [-0.05, 0) is 107 Å². The minimum Gasteiger partial charge on any atom is -0.384 e. The molecule has 39 heavy (non-hydrogen) atoms. The van der Waals surface area contributed by atoms with Gasteiger partial charge in [-0.2, -0.15) is 4.33 Å². The van der Waals surface area contributed by atoms with Gasteiger partial charge in [0, 0.05) is 39.5 Å². The average Bonchev–Trinajstić information content (AvgIpc) is 3.76. The summed E-state index contributed by atoms with van der Waals surface area (Å²) >= 11 is 0. The number of aryl methyl sites for hydroxylation is 1. The van der Waals surface area contributed by atoms with Crippen molar-refractivity contribution >= 4 is 33.4 Å². The van der Waals surface area contributed by atoms with Crippen LogP contribution >= 0.6 is 10.8 Å². The third kappa shape index (κ3) is 5.32. The Morgan fingerprint density at radius 1 is 1.10 bits per heavy atom. The third-order valence-corrected chi connectivity index (χ3v) is 8.70. The van der Waals surface area contributed by atoms with Crippen molar-refractivity contribution in [3.63, 3.8) is 0 Å². The number of halogens is 1. The number of nitrogen functional groups attached to an aromatic ring is 1. The number of nitrogens with two attached hydrogens (primary N) is 1. The van der Waals surface area contributed by atoms with Gasteiger partial charge in [0.1, 0.15) is 11.6 Å². The van der Waals surface area contributed by atoms with E-state index < -0.39 is 10.8 Å². The zero-order chi connectivity index (χ0) is 27.1.